The minimum absolute atomic E-state index is 0.291. The molecule has 0 radical (unpaired) electrons. The van der Waals surface area contributed by atoms with Crippen LogP contribution in [-0.2, 0) is 20.7 Å². The van der Waals surface area contributed by atoms with E-state index >= 15 is 0 Å². The molecule has 0 fully saturated rings. The van der Waals surface area contributed by atoms with Gasteiger partial charge in [0, 0.05) is 14.0 Å². The molecule has 1 unspecified atom stereocenters. The highest BCUT2D eigenvalue weighted by Gasteiger charge is 2.12. The van der Waals surface area contributed by atoms with Gasteiger partial charge >= 0.3 is 5.97 Å². The fraction of sp³-hybridized carbons (Fsp3) is 0.500. The molecule has 4 nitrogen and oxygen atoms in total. The second kappa shape index (κ2) is 7.71. The zero-order valence-electron chi connectivity index (χ0n) is 11.1. The van der Waals surface area contributed by atoms with Crippen molar-refractivity contribution >= 4 is 5.97 Å². The number of ether oxygens (including phenoxy) is 3. The molecule has 0 N–H and O–H groups in total. The first-order valence-electron chi connectivity index (χ1n) is 6.03. The van der Waals surface area contributed by atoms with Crippen LogP contribution in [0.3, 0.4) is 0 Å². The van der Waals surface area contributed by atoms with Crippen molar-refractivity contribution in [1.29, 1.82) is 0 Å². The molecule has 0 aliphatic rings. The minimum Gasteiger partial charge on any atom is -0.490 e. The average molecular weight is 252 g/mol. The fourth-order valence-electron chi connectivity index (χ4n) is 1.55. The Kier molecular flexibility index (Phi) is 6.22. The first-order chi connectivity index (χ1) is 8.65. The molecule has 1 aromatic rings. The number of aryl methyl sites for hydroxylation is 1. The third-order valence-electron chi connectivity index (χ3n) is 2.45. The van der Waals surface area contributed by atoms with Crippen molar-refractivity contribution in [3.8, 4) is 5.75 Å². The predicted octanol–water partition coefficient (Wildman–Crippen LogP) is 2.21. The van der Waals surface area contributed by atoms with Crippen LogP contribution in [0, 0.1) is 0 Å². The van der Waals surface area contributed by atoms with Gasteiger partial charge in [0.2, 0.25) is 0 Å². The van der Waals surface area contributed by atoms with E-state index in [2.05, 4.69) is 6.92 Å². The Morgan fingerprint density at radius 3 is 2.39 bits per heavy atom. The van der Waals surface area contributed by atoms with Crippen LogP contribution in [0.5, 0.6) is 5.75 Å². The lowest BCUT2D eigenvalue weighted by molar-refractivity contribution is -0.150. The highest BCUT2D eigenvalue weighted by Crippen LogP contribution is 2.13. The number of hydrogen-bond acceptors (Lipinski definition) is 4. The second-order valence-electron chi connectivity index (χ2n) is 4.00. The maximum absolute atomic E-state index is 10.9. The number of benzene rings is 1. The molecule has 0 heterocycles. The van der Waals surface area contributed by atoms with E-state index in [-0.39, 0.29) is 12.1 Å². The molecule has 0 bridgehead atoms. The Morgan fingerprint density at radius 2 is 1.89 bits per heavy atom. The zero-order chi connectivity index (χ0) is 13.4. The molecular formula is C14H20O4. The summed E-state index contributed by atoms with van der Waals surface area (Å²) in [6, 6.07) is 7.87. The van der Waals surface area contributed by atoms with Crippen LogP contribution in [0.15, 0.2) is 24.3 Å². The van der Waals surface area contributed by atoms with E-state index < -0.39 is 0 Å². The van der Waals surface area contributed by atoms with Gasteiger partial charge in [-0.25, -0.2) is 0 Å². The Bertz CT molecular complexity index is 359. The maximum Gasteiger partial charge on any atom is 0.303 e. The largest absolute Gasteiger partial charge is 0.490 e. The first-order valence-corrected chi connectivity index (χ1v) is 6.03. The van der Waals surface area contributed by atoms with Crippen molar-refractivity contribution in [2.75, 3.05) is 20.3 Å². The summed E-state index contributed by atoms with van der Waals surface area (Å²) in [5.41, 5.74) is 1.26. The number of hydrogen-bond donors (Lipinski definition) is 0. The number of methoxy groups -OCH3 is 1. The van der Waals surface area contributed by atoms with Crippen LogP contribution in [0.1, 0.15) is 19.4 Å². The van der Waals surface area contributed by atoms with Crippen molar-refractivity contribution in [3.63, 3.8) is 0 Å². The SMILES string of the molecule is CCc1ccc(OCC(COC)OC(C)=O)cc1. The van der Waals surface area contributed by atoms with Crippen molar-refractivity contribution in [2.45, 2.75) is 26.4 Å². The van der Waals surface area contributed by atoms with Crippen molar-refractivity contribution in [3.05, 3.63) is 29.8 Å². The summed E-state index contributed by atoms with van der Waals surface area (Å²) in [4.78, 5) is 10.9. The molecule has 0 saturated heterocycles. The minimum atomic E-state index is -0.377. The monoisotopic (exact) mass is 252 g/mol. The van der Waals surface area contributed by atoms with Gasteiger partial charge in [0.05, 0.1) is 6.61 Å². The second-order valence-corrected chi connectivity index (χ2v) is 4.00. The molecule has 0 saturated carbocycles. The maximum atomic E-state index is 10.9. The van der Waals surface area contributed by atoms with Gasteiger partial charge in [0.15, 0.2) is 6.10 Å². The van der Waals surface area contributed by atoms with Crippen molar-refractivity contribution in [1.82, 2.24) is 0 Å². The fourth-order valence-corrected chi connectivity index (χ4v) is 1.55. The summed E-state index contributed by atoms with van der Waals surface area (Å²) in [5.74, 6) is 0.433. The predicted molar refractivity (Wildman–Crippen MR) is 68.7 cm³/mol. The molecule has 0 spiro atoms. The highest BCUT2D eigenvalue weighted by molar-refractivity contribution is 5.66. The normalized spacial score (nSPS) is 11.9. The van der Waals surface area contributed by atoms with Crippen LogP contribution < -0.4 is 4.74 Å². The molecular weight excluding hydrogens is 232 g/mol. The molecule has 100 valence electrons. The molecule has 0 amide bonds. The molecule has 1 atom stereocenters. The van der Waals surface area contributed by atoms with Crippen LogP contribution in [0.4, 0.5) is 0 Å². The van der Waals surface area contributed by atoms with Gasteiger partial charge in [0.1, 0.15) is 12.4 Å². The molecule has 1 rings (SSSR count). The van der Waals surface area contributed by atoms with Gasteiger partial charge < -0.3 is 14.2 Å². The van der Waals surface area contributed by atoms with E-state index in [0.717, 1.165) is 12.2 Å². The Hall–Kier alpha value is -1.55. The van der Waals surface area contributed by atoms with Crippen molar-refractivity contribution in [2.24, 2.45) is 0 Å². The van der Waals surface area contributed by atoms with E-state index in [1.165, 1.54) is 12.5 Å². The Morgan fingerprint density at radius 1 is 1.22 bits per heavy atom. The third-order valence-corrected chi connectivity index (χ3v) is 2.45. The quantitative estimate of drug-likeness (QED) is 0.698. The summed E-state index contributed by atoms with van der Waals surface area (Å²) < 4.78 is 15.6. The van der Waals surface area contributed by atoms with E-state index in [4.69, 9.17) is 14.2 Å². The van der Waals surface area contributed by atoms with Crippen LogP contribution in [0.25, 0.3) is 0 Å². The molecule has 0 aromatic heterocycles. The number of rotatable bonds is 7. The van der Waals surface area contributed by atoms with E-state index in [9.17, 15) is 4.79 Å². The average Bonchev–Trinajstić information content (AvgIpc) is 2.36. The summed E-state index contributed by atoms with van der Waals surface area (Å²) in [6.45, 7) is 4.09. The van der Waals surface area contributed by atoms with Crippen molar-refractivity contribution < 1.29 is 19.0 Å². The van der Waals surface area contributed by atoms with Crippen LogP contribution in [0.2, 0.25) is 0 Å². The summed E-state index contributed by atoms with van der Waals surface area (Å²) >= 11 is 0. The molecule has 18 heavy (non-hydrogen) atoms. The third kappa shape index (κ3) is 5.19. The molecule has 0 aliphatic carbocycles. The lowest BCUT2D eigenvalue weighted by Crippen LogP contribution is -2.28. The Balaban J connectivity index is 2.46. The first kappa shape index (κ1) is 14.5. The summed E-state index contributed by atoms with van der Waals surface area (Å²) in [6.07, 6.45) is 0.624. The number of esters is 1. The zero-order valence-corrected chi connectivity index (χ0v) is 11.1. The molecule has 0 aliphatic heterocycles. The van der Waals surface area contributed by atoms with E-state index in [0.29, 0.717) is 13.2 Å². The highest BCUT2D eigenvalue weighted by atomic mass is 16.6. The van der Waals surface area contributed by atoms with E-state index in [1.807, 2.05) is 24.3 Å². The van der Waals surface area contributed by atoms with Gasteiger partial charge in [-0.3, -0.25) is 4.79 Å². The van der Waals surface area contributed by atoms with Gasteiger partial charge in [-0.15, -0.1) is 0 Å². The smallest absolute Gasteiger partial charge is 0.303 e. The summed E-state index contributed by atoms with van der Waals surface area (Å²) in [5, 5.41) is 0. The van der Waals surface area contributed by atoms with Crippen LogP contribution >= 0.6 is 0 Å². The van der Waals surface area contributed by atoms with E-state index in [1.54, 1.807) is 7.11 Å². The molecule has 4 heteroatoms. The Labute approximate surface area is 108 Å². The number of carbonyl (C=O) groups is 1. The van der Waals surface area contributed by atoms with Gasteiger partial charge in [0.25, 0.3) is 0 Å². The number of carbonyl (C=O) groups excluding carboxylic acids is 1. The topological polar surface area (TPSA) is 44.8 Å². The summed E-state index contributed by atoms with van der Waals surface area (Å²) in [7, 11) is 1.56. The van der Waals surface area contributed by atoms with Crippen LogP contribution in [-0.4, -0.2) is 32.4 Å². The van der Waals surface area contributed by atoms with Gasteiger partial charge in [-0.1, -0.05) is 19.1 Å². The van der Waals surface area contributed by atoms with Gasteiger partial charge in [-0.2, -0.15) is 0 Å². The van der Waals surface area contributed by atoms with Gasteiger partial charge in [-0.05, 0) is 24.1 Å². The molecule has 1 aromatic carbocycles. The standard InChI is InChI=1S/C14H20O4/c1-4-12-5-7-13(8-6-12)17-10-14(9-16-3)18-11(2)15/h5-8,14H,4,9-10H2,1-3H3. The lowest BCUT2D eigenvalue weighted by atomic mass is 10.2. The lowest BCUT2D eigenvalue weighted by Gasteiger charge is -2.16.